The summed E-state index contributed by atoms with van der Waals surface area (Å²) in [5, 5.41) is 11.4. The van der Waals surface area contributed by atoms with Crippen LogP contribution in [0.15, 0.2) is 5.38 Å². The molecule has 6 nitrogen and oxygen atoms in total. The van der Waals surface area contributed by atoms with Crippen LogP contribution in [0, 0.1) is 0 Å². The summed E-state index contributed by atoms with van der Waals surface area (Å²) in [5.74, 6) is -0.0438. The van der Waals surface area contributed by atoms with Crippen molar-refractivity contribution < 1.29 is 14.6 Å². The number of nitrogens with two attached hydrogens (primary N) is 1. The number of hydrogen-bond acceptors (Lipinski definition) is 6. The first-order chi connectivity index (χ1) is 8.20. The van der Waals surface area contributed by atoms with Crippen LogP contribution in [0.3, 0.4) is 0 Å². The number of aliphatic hydroxyl groups excluding tert-OH is 1. The van der Waals surface area contributed by atoms with Crippen molar-refractivity contribution in [3.63, 3.8) is 0 Å². The highest BCUT2D eigenvalue weighted by Crippen LogP contribution is 2.14. The molecule has 1 amide bonds. The van der Waals surface area contributed by atoms with Crippen LogP contribution in [-0.2, 0) is 16.0 Å². The molecule has 1 aliphatic rings. The lowest BCUT2D eigenvalue weighted by Gasteiger charge is -2.34. The minimum atomic E-state index is -0.243. The number of rotatable bonds is 3. The second-order valence-electron chi connectivity index (χ2n) is 3.85. The number of hydrogen-bond donors (Lipinski definition) is 2. The number of carbonyl (C=O) groups is 1. The molecular weight excluding hydrogens is 242 g/mol. The zero-order chi connectivity index (χ0) is 12.3. The molecule has 0 aliphatic carbocycles. The Balaban J connectivity index is 1.98. The van der Waals surface area contributed by atoms with Crippen molar-refractivity contribution in [2.24, 2.45) is 0 Å². The fourth-order valence-corrected chi connectivity index (χ4v) is 2.36. The molecule has 17 heavy (non-hydrogen) atoms. The lowest BCUT2D eigenvalue weighted by atomic mass is 10.2. The molecule has 1 aromatic rings. The van der Waals surface area contributed by atoms with Crippen molar-refractivity contribution in [2.45, 2.75) is 12.5 Å². The molecule has 1 fully saturated rings. The number of carbonyl (C=O) groups excluding carboxylic acids is 1. The number of nitrogens with zero attached hydrogens (tertiary/aromatic N) is 2. The van der Waals surface area contributed by atoms with Crippen LogP contribution in [-0.4, -0.2) is 53.3 Å². The highest BCUT2D eigenvalue weighted by molar-refractivity contribution is 7.13. The van der Waals surface area contributed by atoms with E-state index in [0.29, 0.717) is 30.6 Å². The van der Waals surface area contributed by atoms with E-state index in [2.05, 4.69) is 4.98 Å². The van der Waals surface area contributed by atoms with Gasteiger partial charge in [0.1, 0.15) is 0 Å². The maximum Gasteiger partial charge on any atom is 0.229 e. The molecule has 94 valence electrons. The molecule has 0 saturated carbocycles. The van der Waals surface area contributed by atoms with Crippen LogP contribution in [0.1, 0.15) is 5.69 Å². The second kappa shape index (κ2) is 5.44. The van der Waals surface area contributed by atoms with Crippen LogP contribution in [0.4, 0.5) is 5.13 Å². The Morgan fingerprint density at radius 1 is 1.76 bits per heavy atom. The molecule has 1 saturated heterocycles. The van der Waals surface area contributed by atoms with Gasteiger partial charge < -0.3 is 20.5 Å². The third kappa shape index (κ3) is 2.93. The lowest BCUT2D eigenvalue weighted by Crippen LogP contribution is -2.51. The van der Waals surface area contributed by atoms with Gasteiger partial charge in [0.25, 0.3) is 0 Å². The molecule has 0 spiro atoms. The number of nitrogen functional groups attached to an aromatic ring is 1. The Morgan fingerprint density at radius 2 is 2.59 bits per heavy atom. The monoisotopic (exact) mass is 257 g/mol. The topological polar surface area (TPSA) is 88.7 Å². The Kier molecular flexibility index (Phi) is 3.93. The van der Waals surface area contributed by atoms with E-state index in [1.807, 2.05) is 0 Å². The van der Waals surface area contributed by atoms with Crippen molar-refractivity contribution >= 4 is 22.4 Å². The number of morpholine rings is 1. The minimum absolute atomic E-state index is 0.0438. The van der Waals surface area contributed by atoms with Crippen molar-refractivity contribution in [2.75, 3.05) is 32.1 Å². The first-order valence-electron chi connectivity index (χ1n) is 5.38. The highest BCUT2D eigenvalue weighted by atomic mass is 32.1. The smallest absolute Gasteiger partial charge is 0.229 e. The van der Waals surface area contributed by atoms with Gasteiger partial charge in [-0.1, -0.05) is 0 Å². The molecule has 1 aliphatic heterocycles. The summed E-state index contributed by atoms with van der Waals surface area (Å²) in [7, 11) is 0. The van der Waals surface area contributed by atoms with E-state index in [0.717, 1.165) is 0 Å². The lowest BCUT2D eigenvalue weighted by molar-refractivity contribution is -0.140. The van der Waals surface area contributed by atoms with Gasteiger partial charge in [0.05, 0.1) is 38.0 Å². The predicted octanol–water partition coefficient (Wildman–Crippen LogP) is -0.512. The van der Waals surface area contributed by atoms with Gasteiger partial charge >= 0.3 is 0 Å². The van der Waals surface area contributed by atoms with Gasteiger partial charge in [-0.3, -0.25) is 4.79 Å². The number of aliphatic hydroxyl groups is 1. The molecule has 1 atom stereocenters. The predicted molar refractivity (Wildman–Crippen MR) is 63.6 cm³/mol. The minimum Gasteiger partial charge on any atom is -0.394 e. The Hall–Kier alpha value is -1.18. The average molecular weight is 257 g/mol. The summed E-state index contributed by atoms with van der Waals surface area (Å²) < 4.78 is 5.22. The normalized spacial score (nSPS) is 20.5. The quantitative estimate of drug-likeness (QED) is 0.761. The third-order valence-corrected chi connectivity index (χ3v) is 3.38. The Bertz CT molecular complexity index is 396. The maximum atomic E-state index is 12.0. The maximum absolute atomic E-state index is 12.0. The van der Waals surface area contributed by atoms with Gasteiger partial charge in [-0.05, 0) is 0 Å². The van der Waals surface area contributed by atoms with Gasteiger partial charge in [-0.25, -0.2) is 4.98 Å². The van der Waals surface area contributed by atoms with Gasteiger partial charge in [0.15, 0.2) is 5.13 Å². The van der Waals surface area contributed by atoms with E-state index < -0.39 is 0 Å². The van der Waals surface area contributed by atoms with Crippen molar-refractivity contribution in [1.82, 2.24) is 9.88 Å². The SMILES string of the molecule is Nc1nc(CC(=O)N2CCOCC2CO)cs1. The Labute approximate surface area is 103 Å². The zero-order valence-electron chi connectivity index (χ0n) is 9.33. The average Bonchev–Trinajstić information content (AvgIpc) is 2.74. The van der Waals surface area contributed by atoms with Crippen molar-refractivity contribution in [3.05, 3.63) is 11.1 Å². The summed E-state index contributed by atoms with van der Waals surface area (Å²) in [6.45, 7) is 1.34. The van der Waals surface area contributed by atoms with E-state index in [9.17, 15) is 9.90 Å². The van der Waals surface area contributed by atoms with Crippen LogP contribution in [0.2, 0.25) is 0 Å². The number of amides is 1. The van der Waals surface area contributed by atoms with E-state index in [4.69, 9.17) is 10.5 Å². The molecular formula is C10H15N3O3S. The largest absolute Gasteiger partial charge is 0.394 e. The molecule has 2 heterocycles. The van der Waals surface area contributed by atoms with Gasteiger partial charge in [0.2, 0.25) is 5.91 Å². The third-order valence-electron chi connectivity index (χ3n) is 2.66. The fourth-order valence-electron chi connectivity index (χ4n) is 1.79. The fraction of sp³-hybridized carbons (Fsp3) is 0.600. The van der Waals surface area contributed by atoms with E-state index >= 15 is 0 Å². The van der Waals surface area contributed by atoms with E-state index in [1.54, 1.807) is 10.3 Å². The van der Waals surface area contributed by atoms with Crippen molar-refractivity contribution in [1.29, 1.82) is 0 Å². The first kappa shape index (κ1) is 12.3. The van der Waals surface area contributed by atoms with Crippen LogP contribution >= 0.6 is 11.3 Å². The van der Waals surface area contributed by atoms with Gasteiger partial charge in [-0.2, -0.15) is 0 Å². The molecule has 1 unspecified atom stereocenters. The second-order valence-corrected chi connectivity index (χ2v) is 4.74. The van der Waals surface area contributed by atoms with Crippen LogP contribution in [0.25, 0.3) is 0 Å². The Morgan fingerprint density at radius 3 is 3.24 bits per heavy atom. The molecule has 3 N–H and O–H groups in total. The summed E-state index contributed by atoms with van der Waals surface area (Å²) in [6.07, 6.45) is 0.226. The summed E-state index contributed by atoms with van der Waals surface area (Å²) in [6, 6.07) is -0.243. The molecule has 0 radical (unpaired) electrons. The number of aromatic nitrogens is 1. The molecule has 1 aromatic heterocycles. The summed E-state index contributed by atoms with van der Waals surface area (Å²) in [4.78, 5) is 17.7. The van der Waals surface area contributed by atoms with Crippen molar-refractivity contribution in [3.8, 4) is 0 Å². The standard InChI is InChI=1S/C10H15N3O3S/c11-10-12-7(6-17-10)3-9(15)13-1-2-16-5-8(13)4-14/h6,8,14H,1-5H2,(H2,11,12). The molecule has 7 heteroatoms. The molecule has 0 aromatic carbocycles. The highest BCUT2D eigenvalue weighted by Gasteiger charge is 2.26. The summed E-state index contributed by atoms with van der Waals surface area (Å²) in [5.41, 5.74) is 6.19. The number of anilines is 1. The van der Waals surface area contributed by atoms with Gasteiger partial charge in [0, 0.05) is 11.9 Å². The van der Waals surface area contributed by atoms with Crippen LogP contribution < -0.4 is 5.73 Å². The van der Waals surface area contributed by atoms with Gasteiger partial charge in [-0.15, -0.1) is 11.3 Å². The zero-order valence-corrected chi connectivity index (χ0v) is 10.2. The van der Waals surface area contributed by atoms with E-state index in [-0.39, 0.29) is 25.0 Å². The van der Waals surface area contributed by atoms with Crippen LogP contribution in [0.5, 0.6) is 0 Å². The number of thiazole rings is 1. The van der Waals surface area contributed by atoms with E-state index in [1.165, 1.54) is 11.3 Å². The summed E-state index contributed by atoms with van der Waals surface area (Å²) >= 11 is 1.32. The molecule has 0 bridgehead atoms. The number of ether oxygens (including phenoxy) is 1. The first-order valence-corrected chi connectivity index (χ1v) is 6.26. The molecule has 2 rings (SSSR count).